The van der Waals surface area contributed by atoms with E-state index >= 15 is 0 Å². The summed E-state index contributed by atoms with van der Waals surface area (Å²) in [5.41, 5.74) is 0. The van der Waals surface area contributed by atoms with Crippen molar-refractivity contribution in [2.75, 3.05) is 6.54 Å². The van der Waals surface area contributed by atoms with Crippen molar-refractivity contribution < 1.29 is 4.79 Å². The fraction of sp³-hybridized carbons (Fsp3) is 0.286. The van der Waals surface area contributed by atoms with Crippen LogP contribution in [0.4, 0.5) is 0 Å². The zero-order chi connectivity index (χ0) is 8.10. The van der Waals surface area contributed by atoms with Gasteiger partial charge in [0.05, 0.1) is 11.6 Å². The van der Waals surface area contributed by atoms with Crippen molar-refractivity contribution in [2.24, 2.45) is 4.99 Å². The maximum Gasteiger partial charge on any atom is 0.234 e. The molecule has 0 saturated heterocycles. The average molecular weight is 188 g/mol. The Kier molecular flexibility index (Phi) is 3.30. The first-order valence-electron chi connectivity index (χ1n) is 3.10. The highest BCUT2D eigenvalue weighted by Gasteiger charge is 1.99. The van der Waals surface area contributed by atoms with Gasteiger partial charge in [-0.3, -0.25) is 0 Å². The average Bonchev–Trinajstić information content (AvgIpc) is 2.37. The molecule has 11 heavy (non-hydrogen) atoms. The molecule has 1 rings (SSSR count). The van der Waals surface area contributed by atoms with Gasteiger partial charge in [-0.2, -0.15) is 0 Å². The molecule has 1 heterocycles. The van der Waals surface area contributed by atoms with Gasteiger partial charge < -0.3 is 0 Å². The molecule has 0 aliphatic carbocycles. The smallest absolute Gasteiger partial charge is 0.211 e. The minimum atomic E-state index is 0.476. The minimum absolute atomic E-state index is 0.476. The first-order chi connectivity index (χ1) is 5.34. The fourth-order valence-electron chi connectivity index (χ4n) is 0.707. The summed E-state index contributed by atoms with van der Waals surface area (Å²) in [6.07, 6.45) is 2.21. The van der Waals surface area contributed by atoms with Gasteiger partial charge in [-0.05, 0) is 11.4 Å². The SMILES string of the molecule is O=C=NCCc1sccc1Cl. The quantitative estimate of drug-likeness (QED) is 0.527. The van der Waals surface area contributed by atoms with Gasteiger partial charge in [-0.1, -0.05) is 11.6 Å². The topological polar surface area (TPSA) is 29.4 Å². The lowest BCUT2D eigenvalue weighted by Crippen LogP contribution is -1.84. The van der Waals surface area contributed by atoms with Crippen LogP contribution in [0.1, 0.15) is 4.88 Å². The second-order valence-electron chi connectivity index (χ2n) is 1.91. The van der Waals surface area contributed by atoms with Gasteiger partial charge in [-0.25, -0.2) is 9.79 Å². The monoisotopic (exact) mass is 187 g/mol. The van der Waals surface area contributed by atoms with Crippen LogP contribution in [0.15, 0.2) is 16.4 Å². The molecular formula is C7H6ClNOS. The Bertz CT molecular complexity index is 278. The van der Waals surface area contributed by atoms with Gasteiger partial charge in [0.25, 0.3) is 0 Å². The lowest BCUT2D eigenvalue weighted by molar-refractivity contribution is 0.563. The third-order valence-corrected chi connectivity index (χ3v) is 2.65. The van der Waals surface area contributed by atoms with Gasteiger partial charge in [0.15, 0.2) is 0 Å². The van der Waals surface area contributed by atoms with E-state index in [4.69, 9.17) is 11.6 Å². The molecule has 0 fully saturated rings. The molecule has 0 unspecified atom stereocenters. The zero-order valence-electron chi connectivity index (χ0n) is 5.71. The Morgan fingerprint density at radius 1 is 1.73 bits per heavy atom. The number of rotatable bonds is 3. The maximum atomic E-state index is 9.70. The van der Waals surface area contributed by atoms with Crippen molar-refractivity contribution in [3.05, 3.63) is 21.3 Å². The van der Waals surface area contributed by atoms with Crippen LogP contribution in [-0.4, -0.2) is 12.6 Å². The molecule has 0 radical (unpaired) electrons. The van der Waals surface area contributed by atoms with Gasteiger partial charge in [0, 0.05) is 11.3 Å². The highest BCUT2D eigenvalue weighted by molar-refractivity contribution is 7.10. The van der Waals surface area contributed by atoms with Crippen LogP contribution in [0.2, 0.25) is 5.02 Å². The van der Waals surface area contributed by atoms with Crippen molar-refractivity contribution in [1.29, 1.82) is 0 Å². The third-order valence-electron chi connectivity index (χ3n) is 1.21. The third kappa shape index (κ3) is 2.46. The largest absolute Gasteiger partial charge is 0.234 e. The lowest BCUT2D eigenvalue weighted by Gasteiger charge is -1.90. The summed E-state index contributed by atoms with van der Waals surface area (Å²) < 4.78 is 0. The normalized spacial score (nSPS) is 9.18. The standard InChI is InChI=1S/C7H6ClNOS/c8-6-2-4-11-7(6)1-3-9-5-10/h2,4H,1,3H2. The van der Waals surface area contributed by atoms with Gasteiger partial charge >= 0.3 is 0 Å². The van der Waals surface area contributed by atoms with Crippen LogP contribution in [0.5, 0.6) is 0 Å². The molecule has 2 nitrogen and oxygen atoms in total. The minimum Gasteiger partial charge on any atom is -0.211 e. The number of hydrogen-bond donors (Lipinski definition) is 0. The molecule has 58 valence electrons. The van der Waals surface area contributed by atoms with E-state index in [9.17, 15) is 4.79 Å². The highest BCUT2D eigenvalue weighted by atomic mass is 35.5. The summed E-state index contributed by atoms with van der Waals surface area (Å²) in [5.74, 6) is 0. The number of thiophene rings is 1. The molecular weight excluding hydrogens is 182 g/mol. The van der Waals surface area contributed by atoms with Crippen LogP contribution in [0.3, 0.4) is 0 Å². The number of nitrogens with zero attached hydrogens (tertiary/aromatic N) is 1. The predicted octanol–water partition coefficient (Wildman–Crippen LogP) is 2.28. The molecule has 0 bridgehead atoms. The molecule has 0 atom stereocenters. The molecule has 0 spiro atoms. The van der Waals surface area contributed by atoms with Gasteiger partial charge in [0.2, 0.25) is 6.08 Å². The summed E-state index contributed by atoms with van der Waals surface area (Å²) in [4.78, 5) is 14.2. The molecule has 1 aromatic heterocycles. The Morgan fingerprint density at radius 3 is 3.09 bits per heavy atom. The number of aliphatic imine (C=N–C) groups is 1. The van der Waals surface area contributed by atoms with Crippen molar-refractivity contribution in [1.82, 2.24) is 0 Å². The zero-order valence-corrected chi connectivity index (χ0v) is 7.28. The van der Waals surface area contributed by atoms with E-state index in [0.717, 1.165) is 16.3 Å². The van der Waals surface area contributed by atoms with Crippen LogP contribution < -0.4 is 0 Å². The van der Waals surface area contributed by atoms with Gasteiger partial charge in [0.1, 0.15) is 0 Å². The van der Waals surface area contributed by atoms with Crippen molar-refractivity contribution in [3.63, 3.8) is 0 Å². The van der Waals surface area contributed by atoms with E-state index in [1.807, 2.05) is 11.4 Å². The molecule has 1 aromatic rings. The molecule has 0 amide bonds. The van der Waals surface area contributed by atoms with Crippen molar-refractivity contribution in [3.8, 4) is 0 Å². The summed E-state index contributed by atoms with van der Waals surface area (Å²) in [5, 5.41) is 2.68. The van der Waals surface area contributed by atoms with E-state index < -0.39 is 0 Å². The Hall–Kier alpha value is -0.630. The van der Waals surface area contributed by atoms with Crippen LogP contribution in [0, 0.1) is 0 Å². The maximum absolute atomic E-state index is 9.70. The van der Waals surface area contributed by atoms with E-state index in [2.05, 4.69) is 4.99 Å². The summed E-state index contributed by atoms with van der Waals surface area (Å²) in [7, 11) is 0. The summed E-state index contributed by atoms with van der Waals surface area (Å²) in [6, 6.07) is 1.84. The second-order valence-corrected chi connectivity index (χ2v) is 3.32. The Labute approximate surface area is 73.5 Å². The first kappa shape index (κ1) is 8.47. The molecule has 0 saturated carbocycles. The molecule has 0 N–H and O–H groups in total. The highest BCUT2D eigenvalue weighted by Crippen LogP contribution is 2.22. The van der Waals surface area contributed by atoms with Crippen LogP contribution in [-0.2, 0) is 11.2 Å². The van der Waals surface area contributed by atoms with Crippen LogP contribution >= 0.6 is 22.9 Å². The Balaban J connectivity index is 2.50. The number of isocyanates is 1. The molecule has 0 aliphatic rings. The second kappa shape index (κ2) is 4.29. The van der Waals surface area contributed by atoms with E-state index in [0.29, 0.717) is 6.54 Å². The Morgan fingerprint density at radius 2 is 2.55 bits per heavy atom. The molecule has 4 heteroatoms. The van der Waals surface area contributed by atoms with Crippen molar-refractivity contribution in [2.45, 2.75) is 6.42 Å². The molecule has 0 aromatic carbocycles. The molecule has 0 aliphatic heterocycles. The number of carbonyl (C=O) groups excluding carboxylic acids is 1. The van der Waals surface area contributed by atoms with E-state index in [1.54, 1.807) is 11.3 Å². The summed E-state index contributed by atoms with van der Waals surface area (Å²) in [6.45, 7) is 0.476. The summed E-state index contributed by atoms with van der Waals surface area (Å²) >= 11 is 7.37. The number of hydrogen-bond acceptors (Lipinski definition) is 3. The lowest BCUT2D eigenvalue weighted by atomic mass is 10.3. The van der Waals surface area contributed by atoms with E-state index in [-0.39, 0.29) is 0 Å². The van der Waals surface area contributed by atoms with Crippen molar-refractivity contribution >= 4 is 29.0 Å². The van der Waals surface area contributed by atoms with Crippen LogP contribution in [0.25, 0.3) is 0 Å². The number of halogens is 1. The predicted molar refractivity (Wildman–Crippen MR) is 46.0 cm³/mol. The van der Waals surface area contributed by atoms with Gasteiger partial charge in [-0.15, -0.1) is 11.3 Å². The fourth-order valence-corrected chi connectivity index (χ4v) is 1.83. The van der Waals surface area contributed by atoms with E-state index in [1.165, 1.54) is 6.08 Å². The first-order valence-corrected chi connectivity index (χ1v) is 4.36.